The summed E-state index contributed by atoms with van der Waals surface area (Å²) in [5, 5.41) is 13.1. The summed E-state index contributed by atoms with van der Waals surface area (Å²) in [4.78, 5) is 8.88. The van der Waals surface area contributed by atoms with E-state index in [4.69, 9.17) is 5.84 Å². The van der Waals surface area contributed by atoms with Crippen molar-refractivity contribution in [3.63, 3.8) is 0 Å². The van der Waals surface area contributed by atoms with Gasteiger partial charge in [0.2, 0.25) is 0 Å². The van der Waals surface area contributed by atoms with Gasteiger partial charge in [0.25, 0.3) is 0 Å². The van der Waals surface area contributed by atoms with E-state index in [0.717, 1.165) is 31.0 Å². The molecule has 2 rings (SSSR count). The number of rotatable bonds is 6. The van der Waals surface area contributed by atoms with Crippen molar-refractivity contribution in [2.24, 2.45) is 11.3 Å². The second-order valence-corrected chi connectivity index (χ2v) is 6.37. The van der Waals surface area contributed by atoms with Crippen LogP contribution in [0, 0.1) is 5.41 Å². The molecule has 0 aliphatic heterocycles. The zero-order valence-corrected chi connectivity index (χ0v) is 13.0. The van der Waals surface area contributed by atoms with E-state index in [2.05, 4.69) is 34.6 Å². The van der Waals surface area contributed by atoms with Crippen LogP contribution in [0.1, 0.15) is 57.7 Å². The zero-order valence-electron chi connectivity index (χ0n) is 13.0. The fraction of sp³-hybridized carbons (Fsp3) is 0.733. The molecule has 6 heteroatoms. The molecule has 21 heavy (non-hydrogen) atoms. The minimum atomic E-state index is -0.0164. The summed E-state index contributed by atoms with van der Waals surface area (Å²) < 4.78 is 0. The Morgan fingerprint density at radius 3 is 2.48 bits per heavy atom. The van der Waals surface area contributed by atoms with E-state index >= 15 is 0 Å². The predicted molar refractivity (Wildman–Crippen MR) is 85.0 cm³/mol. The van der Waals surface area contributed by atoms with Gasteiger partial charge in [-0.15, -0.1) is 0 Å². The molecule has 0 spiro atoms. The van der Waals surface area contributed by atoms with Crippen LogP contribution in [-0.2, 0) is 0 Å². The molecule has 1 heterocycles. The molecule has 0 unspecified atom stereocenters. The summed E-state index contributed by atoms with van der Waals surface area (Å²) in [6.07, 6.45) is 5.80. The van der Waals surface area contributed by atoms with E-state index in [0.29, 0.717) is 5.82 Å². The van der Waals surface area contributed by atoms with Crippen LogP contribution in [0.25, 0.3) is 0 Å². The Morgan fingerprint density at radius 1 is 1.24 bits per heavy atom. The summed E-state index contributed by atoms with van der Waals surface area (Å²) in [5.74, 6) is 7.84. The highest BCUT2D eigenvalue weighted by molar-refractivity contribution is 5.47. The molecular formula is C15H27N5O. The van der Waals surface area contributed by atoms with Crippen molar-refractivity contribution in [3.05, 3.63) is 11.9 Å². The molecule has 5 N–H and O–H groups in total. The van der Waals surface area contributed by atoms with Gasteiger partial charge in [-0.3, -0.25) is 0 Å². The second-order valence-electron chi connectivity index (χ2n) is 6.37. The van der Waals surface area contributed by atoms with Crippen LogP contribution in [0.3, 0.4) is 0 Å². The first-order valence-corrected chi connectivity index (χ1v) is 7.79. The van der Waals surface area contributed by atoms with Gasteiger partial charge in [-0.2, -0.15) is 0 Å². The van der Waals surface area contributed by atoms with Gasteiger partial charge >= 0.3 is 0 Å². The Hall–Kier alpha value is -1.40. The number of hydrogen-bond acceptors (Lipinski definition) is 6. The maximum absolute atomic E-state index is 9.76. The number of aliphatic hydroxyl groups is 1. The van der Waals surface area contributed by atoms with Crippen LogP contribution < -0.4 is 16.6 Å². The normalized spacial score (nSPS) is 17.8. The lowest BCUT2D eigenvalue weighted by Gasteiger charge is -2.35. The number of aliphatic hydroxyl groups excluding tert-OH is 1. The number of nitrogen functional groups attached to an aromatic ring is 1. The summed E-state index contributed by atoms with van der Waals surface area (Å²) in [6, 6.07) is 1.81. The van der Waals surface area contributed by atoms with Crippen LogP contribution in [0.4, 0.5) is 11.6 Å². The van der Waals surface area contributed by atoms with Crippen LogP contribution in [0.15, 0.2) is 6.07 Å². The highest BCUT2D eigenvalue weighted by Gasteiger charge is 2.31. The van der Waals surface area contributed by atoms with Gasteiger partial charge < -0.3 is 15.8 Å². The van der Waals surface area contributed by atoms with Crippen LogP contribution in [0.5, 0.6) is 0 Å². The molecule has 1 aliphatic rings. The molecule has 1 aromatic heterocycles. The van der Waals surface area contributed by atoms with E-state index in [1.807, 2.05) is 0 Å². The van der Waals surface area contributed by atoms with Crippen molar-refractivity contribution >= 4 is 11.6 Å². The SMILES string of the molecule is CC(C)c1nc(NN)cc(NCC2(CO)CCCCC2)n1. The number of nitrogens with zero attached hydrogens (tertiary/aromatic N) is 2. The molecule has 6 nitrogen and oxygen atoms in total. The Bertz CT molecular complexity index is 457. The molecular weight excluding hydrogens is 266 g/mol. The van der Waals surface area contributed by atoms with E-state index in [9.17, 15) is 5.11 Å². The highest BCUT2D eigenvalue weighted by Crippen LogP contribution is 2.36. The molecule has 1 aromatic rings. The minimum absolute atomic E-state index is 0.0164. The summed E-state index contributed by atoms with van der Waals surface area (Å²) in [6.45, 7) is 5.07. The molecule has 0 aromatic carbocycles. The zero-order chi connectivity index (χ0) is 15.3. The molecule has 0 atom stereocenters. The maximum Gasteiger partial charge on any atom is 0.145 e. The van der Waals surface area contributed by atoms with Gasteiger partial charge in [-0.25, -0.2) is 15.8 Å². The second kappa shape index (κ2) is 7.04. The standard InChI is InChI=1S/C15H27N5O/c1-11(2)14-18-12(8-13(19-14)20-16)17-9-15(10-21)6-4-3-5-7-15/h8,11,21H,3-7,9-10,16H2,1-2H3,(H2,17,18,19,20). The summed E-state index contributed by atoms with van der Waals surface area (Å²) in [5.41, 5.74) is 2.57. The maximum atomic E-state index is 9.76. The van der Waals surface area contributed by atoms with Crippen LogP contribution in [0.2, 0.25) is 0 Å². The molecule has 0 bridgehead atoms. The monoisotopic (exact) mass is 293 g/mol. The topological polar surface area (TPSA) is 96.1 Å². The number of nitrogens with two attached hydrogens (primary N) is 1. The van der Waals surface area contributed by atoms with Gasteiger partial charge in [-0.1, -0.05) is 33.1 Å². The molecule has 0 saturated heterocycles. The van der Waals surface area contributed by atoms with E-state index < -0.39 is 0 Å². The lowest BCUT2D eigenvalue weighted by Crippen LogP contribution is -2.35. The molecule has 118 valence electrons. The quantitative estimate of drug-likeness (QED) is 0.474. The summed E-state index contributed by atoms with van der Waals surface area (Å²) >= 11 is 0. The van der Waals surface area contributed by atoms with Gasteiger partial charge in [0.05, 0.1) is 6.61 Å². The fourth-order valence-electron chi connectivity index (χ4n) is 2.86. The van der Waals surface area contributed by atoms with Gasteiger partial charge in [0.1, 0.15) is 17.5 Å². The Kier molecular flexibility index (Phi) is 5.36. The Morgan fingerprint density at radius 2 is 1.90 bits per heavy atom. The number of aromatic nitrogens is 2. The smallest absolute Gasteiger partial charge is 0.145 e. The van der Waals surface area contributed by atoms with Crippen LogP contribution in [-0.4, -0.2) is 28.2 Å². The lowest BCUT2D eigenvalue weighted by atomic mass is 9.74. The molecule has 0 amide bonds. The fourth-order valence-corrected chi connectivity index (χ4v) is 2.86. The summed E-state index contributed by atoms with van der Waals surface area (Å²) in [7, 11) is 0. The van der Waals surface area contributed by atoms with Crippen molar-refractivity contribution in [1.82, 2.24) is 9.97 Å². The number of anilines is 2. The number of nitrogens with one attached hydrogen (secondary N) is 2. The predicted octanol–water partition coefficient (Wildman–Crippen LogP) is 2.24. The third-order valence-electron chi connectivity index (χ3n) is 4.30. The lowest BCUT2D eigenvalue weighted by molar-refractivity contribution is 0.0943. The van der Waals surface area contributed by atoms with Crippen molar-refractivity contribution in [1.29, 1.82) is 0 Å². The third kappa shape index (κ3) is 4.04. The Labute approximate surface area is 126 Å². The average Bonchev–Trinajstić information content (AvgIpc) is 2.53. The van der Waals surface area contributed by atoms with Crippen molar-refractivity contribution in [2.45, 2.75) is 51.9 Å². The molecule has 1 saturated carbocycles. The number of hydrazine groups is 1. The van der Waals surface area contributed by atoms with Crippen molar-refractivity contribution < 1.29 is 5.11 Å². The van der Waals surface area contributed by atoms with Gasteiger partial charge in [0.15, 0.2) is 0 Å². The highest BCUT2D eigenvalue weighted by atomic mass is 16.3. The first-order chi connectivity index (χ1) is 10.1. The third-order valence-corrected chi connectivity index (χ3v) is 4.30. The first kappa shape index (κ1) is 16.0. The Balaban J connectivity index is 2.09. The van der Waals surface area contributed by atoms with E-state index in [1.54, 1.807) is 6.07 Å². The minimum Gasteiger partial charge on any atom is -0.396 e. The first-order valence-electron chi connectivity index (χ1n) is 7.79. The van der Waals surface area contributed by atoms with Crippen LogP contribution >= 0.6 is 0 Å². The molecule has 0 radical (unpaired) electrons. The molecule has 1 aliphatic carbocycles. The van der Waals surface area contributed by atoms with Crippen molar-refractivity contribution in [3.8, 4) is 0 Å². The molecule has 1 fully saturated rings. The van der Waals surface area contributed by atoms with E-state index in [1.165, 1.54) is 19.3 Å². The van der Waals surface area contributed by atoms with Gasteiger partial charge in [0, 0.05) is 23.9 Å². The van der Waals surface area contributed by atoms with Crippen molar-refractivity contribution in [2.75, 3.05) is 23.9 Å². The van der Waals surface area contributed by atoms with Gasteiger partial charge in [-0.05, 0) is 12.8 Å². The number of hydrogen-bond donors (Lipinski definition) is 4. The van der Waals surface area contributed by atoms with E-state index in [-0.39, 0.29) is 17.9 Å². The largest absolute Gasteiger partial charge is 0.396 e. The average molecular weight is 293 g/mol.